The molecule has 3 aromatic heterocycles. The Morgan fingerprint density at radius 2 is 2.09 bits per heavy atom. The maximum atomic E-state index is 4.48. The minimum Gasteiger partial charge on any atom is -0.381 e. The summed E-state index contributed by atoms with van der Waals surface area (Å²) in [6.07, 6.45) is 9.40. The standard InChI is InChI=1S/C16H18N6/c1-2-13(10-17-6-1)21-12-4-8-22(9-5-12)16-14-3-7-18-15(14)19-11-20-16/h1-3,6-7,10-12,21H,4-5,8-9H2,(H,18,19,20). The molecule has 0 saturated carbocycles. The zero-order chi connectivity index (χ0) is 14.8. The number of nitrogens with one attached hydrogen (secondary N) is 2. The fourth-order valence-electron chi connectivity index (χ4n) is 3.03. The van der Waals surface area contributed by atoms with Gasteiger partial charge >= 0.3 is 0 Å². The first kappa shape index (κ1) is 13.1. The fourth-order valence-corrected chi connectivity index (χ4v) is 3.03. The molecule has 0 radical (unpaired) electrons. The lowest BCUT2D eigenvalue weighted by molar-refractivity contribution is 0.524. The molecule has 112 valence electrons. The second-order valence-corrected chi connectivity index (χ2v) is 5.58. The SMILES string of the molecule is c1cncc(NC2CCN(c3ncnc4[nH]ccc34)CC2)c1. The summed E-state index contributed by atoms with van der Waals surface area (Å²) in [5, 5.41) is 4.66. The smallest absolute Gasteiger partial charge is 0.142 e. The number of anilines is 2. The summed E-state index contributed by atoms with van der Waals surface area (Å²) >= 11 is 0. The normalized spacial score (nSPS) is 16.1. The van der Waals surface area contributed by atoms with Gasteiger partial charge in [-0.15, -0.1) is 0 Å². The molecule has 0 aliphatic carbocycles. The minimum absolute atomic E-state index is 0.490. The quantitative estimate of drug-likeness (QED) is 0.776. The van der Waals surface area contributed by atoms with Gasteiger partial charge in [0.1, 0.15) is 17.8 Å². The van der Waals surface area contributed by atoms with Gasteiger partial charge in [-0.2, -0.15) is 0 Å². The van der Waals surface area contributed by atoms with Crippen molar-refractivity contribution in [2.24, 2.45) is 0 Å². The first-order valence-corrected chi connectivity index (χ1v) is 7.60. The minimum atomic E-state index is 0.490. The van der Waals surface area contributed by atoms with Crippen LogP contribution in [-0.2, 0) is 0 Å². The Kier molecular flexibility index (Phi) is 3.34. The lowest BCUT2D eigenvalue weighted by atomic mass is 10.0. The lowest BCUT2D eigenvalue weighted by Gasteiger charge is -2.33. The molecule has 0 unspecified atom stereocenters. The molecule has 1 aliphatic rings. The number of rotatable bonds is 3. The molecule has 2 N–H and O–H groups in total. The molecular weight excluding hydrogens is 276 g/mol. The van der Waals surface area contributed by atoms with Crippen LogP contribution >= 0.6 is 0 Å². The third kappa shape index (κ3) is 2.47. The first-order chi connectivity index (χ1) is 10.9. The topological polar surface area (TPSA) is 69.7 Å². The number of fused-ring (bicyclic) bond motifs is 1. The van der Waals surface area contributed by atoms with E-state index in [2.05, 4.69) is 36.2 Å². The maximum Gasteiger partial charge on any atom is 0.142 e. The molecule has 0 aromatic carbocycles. The predicted octanol–water partition coefficient (Wildman–Crippen LogP) is 2.43. The van der Waals surface area contributed by atoms with Crippen LogP contribution in [0.5, 0.6) is 0 Å². The number of pyridine rings is 1. The van der Waals surface area contributed by atoms with Gasteiger partial charge in [0, 0.05) is 37.7 Å². The van der Waals surface area contributed by atoms with Crippen LogP contribution in [0, 0.1) is 0 Å². The highest BCUT2D eigenvalue weighted by Gasteiger charge is 2.21. The second-order valence-electron chi connectivity index (χ2n) is 5.58. The van der Waals surface area contributed by atoms with Crippen LogP contribution in [0.25, 0.3) is 11.0 Å². The summed E-state index contributed by atoms with van der Waals surface area (Å²) < 4.78 is 0. The molecule has 4 rings (SSSR count). The molecule has 1 fully saturated rings. The molecule has 1 saturated heterocycles. The van der Waals surface area contributed by atoms with Crippen molar-refractivity contribution in [3.05, 3.63) is 43.1 Å². The Morgan fingerprint density at radius 3 is 2.91 bits per heavy atom. The van der Waals surface area contributed by atoms with Crippen molar-refractivity contribution in [1.82, 2.24) is 19.9 Å². The zero-order valence-corrected chi connectivity index (χ0v) is 12.2. The van der Waals surface area contributed by atoms with Crippen molar-refractivity contribution >= 4 is 22.5 Å². The van der Waals surface area contributed by atoms with Crippen molar-refractivity contribution in [3.63, 3.8) is 0 Å². The highest BCUT2D eigenvalue weighted by molar-refractivity contribution is 5.87. The van der Waals surface area contributed by atoms with Gasteiger partial charge in [0.15, 0.2) is 0 Å². The van der Waals surface area contributed by atoms with E-state index in [1.807, 2.05) is 24.5 Å². The van der Waals surface area contributed by atoms with Crippen molar-refractivity contribution in [2.75, 3.05) is 23.3 Å². The molecule has 3 aromatic rings. The Balaban J connectivity index is 1.45. The molecule has 0 atom stereocenters. The number of nitrogens with zero attached hydrogens (tertiary/aromatic N) is 4. The van der Waals surface area contributed by atoms with Crippen molar-refractivity contribution < 1.29 is 0 Å². The number of hydrogen-bond donors (Lipinski definition) is 2. The Morgan fingerprint density at radius 1 is 1.18 bits per heavy atom. The van der Waals surface area contributed by atoms with E-state index < -0.39 is 0 Å². The van der Waals surface area contributed by atoms with Crippen LogP contribution in [0.3, 0.4) is 0 Å². The largest absolute Gasteiger partial charge is 0.381 e. The molecule has 0 spiro atoms. The highest BCUT2D eigenvalue weighted by atomic mass is 15.2. The molecule has 6 nitrogen and oxygen atoms in total. The van der Waals surface area contributed by atoms with Crippen LogP contribution in [0.15, 0.2) is 43.1 Å². The first-order valence-electron chi connectivity index (χ1n) is 7.60. The Bertz CT molecular complexity index is 745. The summed E-state index contributed by atoms with van der Waals surface area (Å²) in [5.41, 5.74) is 2.00. The summed E-state index contributed by atoms with van der Waals surface area (Å²) in [7, 11) is 0. The number of piperidine rings is 1. The third-order valence-electron chi connectivity index (χ3n) is 4.16. The molecule has 6 heteroatoms. The van der Waals surface area contributed by atoms with Crippen LogP contribution in [-0.4, -0.2) is 39.1 Å². The Hall–Kier alpha value is -2.63. The van der Waals surface area contributed by atoms with Gasteiger partial charge in [-0.25, -0.2) is 9.97 Å². The molecular formula is C16H18N6. The summed E-state index contributed by atoms with van der Waals surface area (Å²) in [6, 6.07) is 6.56. The summed E-state index contributed by atoms with van der Waals surface area (Å²) in [5.74, 6) is 1.03. The monoisotopic (exact) mass is 294 g/mol. The maximum absolute atomic E-state index is 4.48. The van der Waals surface area contributed by atoms with Gasteiger partial charge in [-0.05, 0) is 31.0 Å². The molecule has 22 heavy (non-hydrogen) atoms. The number of H-pyrrole nitrogens is 1. The van der Waals surface area contributed by atoms with Crippen molar-refractivity contribution in [1.29, 1.82) is 0 Å². The van der Waals surface area contributed by atoms with Gasteiger partial charge < -0.3 is 15.2 Å². The van der Waals surface area contributed by atoms with Crippen LogP contribution in [0.1, 0.15) is 12.8 Å². The molecule has 0 amide bonds. The van der Waals surface area contributed by atoms with Crippen molar-refractivity contribution in [2.45, 2.75) is 18.9 Å². The molecule has 1 aliphatic heterocycles. The van der Waals surface area contributed by atoms with E-state index in [1.54, 1.807) is 12.5 Å². The third-order valence-corrected chi connectivity index (χ3v) is 4.16. The average molecular weight is 294 g/mol. The van der Waals surface area contributed by atoms with Gasteiger partial charge in [-0.3, -0.25) is 4.98 Å². The second kappa shape index (κ2) is 5.63. The van der Waals surface area contributed by atoms with E-state index in [9.17, 15) is 0 Å². The lowest BCUT2D eigenvalue weighted by Crippen LogP contribution is -2.39. The fraction of sp³-hybridized carbons (Fsp3) is 0.312. The zero-order valence-electron chi connectivity index (χ0n) is 12.2. The van der Waals surface area contributed by atoms with Gasteiger partial charge in [-0.1, -0.05) is 0 Å². The van der Waals surface area contributed by atoms with E-state index in [0.29, 0.717) is 6.04 Å². The molecule has 0 bridgehead atoms. The van der Waals surface area contributed by atoms with E-state index in [1.165, 1.54) is 0 Å². The van der Waals surface area contributed by atoms with E-state index >= 15 is 0 Å². The van der Waals surface area contributed by atoms with E-state index in [-0.39, 0.29) is 0 Å². The van der Waals surface area contributed by atoms with E-state index in [0.717, 1.165) is 48.5 Å². The summed E-state index contributed by atoms with van der Waals surface area (Å²) in [4.78, 5) is 18.4. The number of hydrogen-bond acceptors (Lipinski definition) is 5. The van der Waals surface area contributed by atoms with E-state index in [4.69, 9.17) is 0 Å². The van der Waals surface area contributed by atoms with Crippen molar-refractivity contribution in [3.8, 4) is 0 Å². The van der Waals surface area contributed by atoms with Crippen LogP contribution < -0.4 is 10.2 Å². The van der Waals surface area contributed by atoms with Gasteiger partial charge in [0.2, 0.25) is 0 Å². The average Bonchev–Trinajstić information content (AvgIpc) is 3.05. The van der Waals surface area contributed by atoms with Crippen LogP contribution in [0.2, 0.25) is 0 Å². The number of aromatic amines is 1. The highest BCUT2D eigenvalue weighted by Crippen LogP contribution is 2.25. The Labute approximate surface area is 128 Å². The predicted molar refractivity (Wildman–Crippen MR) is 87.0 cm³/mol. The van der Waals surface area contributed by atoms with Gasteiger partial charge in [0.25, 0.3) is 0 Å². The number of aromatic nitrogens is 4. The van der Waals surface area contributed by atoms with Crippen LogP contribution in [0.4, 0.5) is 11.5 Å². The molecule has 4 heterocycles. The van der Waals surface area contributed by atoms with Gasteiger partial charge in [0.05, 0.1) is 11.1 Å². The summed E-state index contributed by atoms with van der Waals surface area (Å²) in [6.45, 7) is 1.99.